The Balaban J connectivity index is 1.23. The molecule has 6 nitrogen and oxygen atoms in total. The predicted octanol–water partition coefficient (Wildman–Crippen LogP) is 5.01. The molecule has 5 aliphatic rings. The molecule has 4 aliphatic heterocycles. The van der Waals surface area contributed by atoms with E-state index in [9.17, 15) is 9.18 Å². The quantitative estimate of drug-likeness (QED) is 0.358. The normalized spacial score (nSPS) is 42.8. The van der Waals surface area contributed by atoms with Gasteiger partial charge < -0.3 is 14.2 Å². The topological polar surface area (TPSA) is 63.2 Å². The van der Waals surface area contributed by atoms with Crippen LogP contribution in [0.4, 0.5) is 4.39 Å². The first kappa shape index (κ1) is 22.3. The van der Waals surface area contributed by atoms with Gasteiger partial charge in [0, 0.05) is 12.3 Å². The van der Waals surface area contributed by atoms with Gasteiger partial charge in [-0.2, -0.15) is 0 Å². The van der Waals surface area contributed by atoms with Crippen LogP contribution in [0, 0.1) is 29.5 Å². The number of hydrogen-bond donors (Lipinski definition) is 0. The summed E-state index contributed by atoms with van der Waals surface area (Å²) < 4.78 is 31.4. The van der Waals surface area contributed by atoms with E-state index in [0.717, 1.165) is 25.7 Å². The second kappa shape index (κ2) is 8.35. The van der Waals surface area contributed by atoms with Gasteiger partial charge in [0.15, 0.2) is 11.9 Å². The number of esters is 1. The molecule has 4 saturated heterocycles. The first-order valence-corrected chi connectivity index (χ1v) is 12.0. The van der Waals surface area contributed by atoms with Crippen LogP contribution in [0.15, 0.2) is 24.3 Å². The van der Waals surface area contributed by atoms with Gasteiger partial charge in [0.05, 0.1) is 18.3 Å². The Hall–Kier alpha value is -1.54. The molecule has 0 radical (unpaired) electrons. The summed E-state index contributed by atoms with van der Waals surface area (Å²) in [6.07, 6.45) is 5.07. The standard InChI is InChI=1S/C25H33FO6/c1-15-6-11-20-16(2)21(5-4-14-28-22(27)17-7-9-18(26)10-8-17)29-23-25(20)19(15)12-13-24(3,30-23)31-32-25/h7-10,15-16,19-21,23H,4-6,11-14H2,1-3H3/t15-,16-,19+,20+,21-,23?,24+,25-/m1/s1. The number of fused-ring (bicyclic) bond motifs is 2. The number of rotatable bonds is 5. The number of ether oxygens (including phenoxy) is 3. The molecule has 1 aliphatic carbocycles. The van der Waals surface area contributed by atoms with Gasteiger partial charge in [-0.15, -0.1) is 0 Å². The third kappa shape index (κ3) is 3.67. The Labute approximate surface area is 188 Å². The second-order valence-corrected chi connectivity index (χ2v) is 10.2. The highest BCUT2D eigenvalue weighted by Crippen LogP contribution is 2.60. The van der Waals surface area contributed by atoms with Crippen LogP contribution in [0.2, 0.25) is 0 Å². The zero-order valence-electron chi connectivity index (χ0n) is 19.1. The largest absolute Gasteiger partial charge is 0.462 e. The van der Waals surface area contributed by atoms with Gasteiger partial charge in [-0.3, -0.25) is 0 Å². The first-order chi connectivity index (χ1) is 15.3. The Morgan fingerprint density at radius 2 is 1.91 bits per heavy atom. The summed E-state index contributed by atoms with van der Waals surface area (Å²) in [6.45, 7) is 6.77. The van der Waals surface area contributed by atoms with Gasteiger partial charge >= 0.3 is 5.97 Å². The molecule has 1 spiro atoms. The number of hydrogen-bond acceptors (Lipinski definition) is 6. The van der Waals surface area contributed by atoms with Crippen molar-refractivity contribution in [3.63, 3.8) is 0 Å². The van der Waals surface area contributed by atoms with Gasteiger partial charge in [0.1, 0.15) is 5.82 Å². The highest BCUT2D eigenvalue weighted by atomic mass is 19.1. The highest BCUT2D eigenvalue weighted by molar-refractivity contribution is 5.89. The van der Waals surface area contributed by atoms with Crippen LogP contribution in [0.1, 0.15) is 69.7 Å². The van der Waals surface area contributed by atoms with Crippen molar-refractivity contribution in [2.24, 2.45) is 23.7 Å². The van der Waals surface area contributed by atoms with Crippen LogP contribution >= 0.6 is 0 Å². The fourth-order valence-electron chi connectivity index (χ4n) is 6.43. The number of carbonyl (C=O) groups excluding carboxylic acids is 1. The maximum absolute atomic E-state index is 13.0. The number of benzene rings is 1. The van der Waals surface area contributed by atoms with Crippen LogP contribution in [0.5, 0.6) is 0 Å². The average Bonchev–Trinajstić information content (AvgIpc) is 3.00. The molecule has 7 heteroatoms. The minimum atomic E-state index is -0.770. The summed E-state index contributed by atoms with van der Waals surface area (Å²) in [5, 5.41) is 0. The van der Waals surface area contributed by atoms with Gasteiger partial charge in [-0.1, -0.05) is 13.8 Å². The second-order valence-electron chi connectivity index (χ2n) is 10.2. The van der Waals surface area contributed by atoms with E-state index in [1.807, 2.05) is 6.92 Å². The zero-order valence-corrected chi connectivity index (χ0v) is 19.1. The van der Waals surface area contributed by atoms with Crippen LogP contribution in [-0.4, -0.2) is 36.4 Å². The third-order valence-corrected chi connectivity index (χ3v) is 8.24. The Morgan fingerprint density at radius 1 is 1.12 bits per heavy atom. The molecule has 0 amide bonds. The molecule has 32 heavy (non-hydrogen) atoms. The first-order valence-electron chi connectivity index (χ1n) is 12.0. The number of carbonyl (C=O) groups is 1. The van der Waals surface area contributed by atoms with Gasteiger partial charge in [-0.05, 0) is 81.0 Å². The third-order valence-electron chi connectivity index (χ3n) is 8.24. The van der Waals surface area contributed by atoms with Crippen LogP contribution in [-0.2, 0) is 24.0 Å². The molecule has 0 N–H and O–H groups in total. The van der Waals surface area contributed by atoms with Crippen molar-refractivity contribution in [1.82, 2.24) is 0 Å². The van der Waals surface area contributed by atoms with Crippen molar-refractivity contribution in [2.45, 2.75) is 83.1 Å². The van der Waals surface area contributed by atoms with Crippen molar-refractivity contribution < 1.29 is 33.2 Å². The molecule has 6 rings (SSSR count). The van der Waals surface area contributed by atoms with E-state index in [4.69, 9.17) is 24.0 Å². The minimum Gasteiger partial charge on any atom is -0.462 e. The van der Waals surface area contributed by atoms with E-state index in [-0.39, 0.29) is 17.8 Å². The molecule has 1 aromatic carbocycles. The zero-order chi connectivity index (χ0) is 22.5. The van der Waals surface area contributed by atoms with E-state index in [1.54, 1.807) is 0 Å². The smallest absolute Gasteiger partial charge is 0.338 e. The van der Waals surface area contributed by atoms with Gasteiger partial charge in [-0.25, -0.2) is 19.0 Å². The Morgan fingerprint density at radius 3 is 2.69 bits per heavy atom. The maximum Gasteiger partial charge on any atom is 0.338 e. The van der Waals surface area contributed by atoms with Crippen LogP contribution in [0.25, 0.3) is 0 Å². The average molecular weight is 449 g/mol. The molecule has 1 unspecified atom stereocenters. The summed E-state index contributed by atoms with van der Waals surface area (Å²) in [7, 11) is 0. The van der Waals surface area contributed by atoms with E-state index in [1.165, 1.54) is 30.7 Å². The molecule has 1 aromatic rings. The van der Waals surface area contributed by atoms with E-state index >= 15 is 0 Å². The van der Waals surface area contributed by atoms with Crippen molar-refractivity contribution in [1.29, 1.82) is 0 Å². The van der Waals surface area contributed by atoms with Crippen molar-refractivity contribution >= 4 is 5.97 Å². The molecule has 0 aromatic heterocycles. The minimum absolute atomic E-state index is 0.000698. The molecular formula is C25H33FO6. The van der Waals surface area contributed by atoms with Crippen molar-refractivity contribution in [2.75, 3.05) is 6.61 Å². The Kier molecular flexibility index (Phi) is 5.81. The lowest BCUT2D eigenvalue weighted by molar-refractivity contribution is -0.571. The summed E-state index contributed by atoms with van der Waals surface area (Å²) in [6, 6.07) is 5.39. The van der Waals surface area contributed by atoms with Crippen LogP contribution < -0.4 is 0 Å². The predicted molar refractivity (Wildman–Crippen MR) is 113 cm³/mol. The van der Waals surface area contributed by atoms with Crippen LogP contribution in [0.3, 0.4) is 0 Å². The van der Waals surface area contributed by atoms with E-state index < -0.39 is 23.6 Å². The lowest BCUT2D eigenvalue weighted by atomic mass is 9.57. The van der Waals surface area contributed by atoms with Gasteiger partial charge in [0.25, 0.3) is 0 Å². The molecule has 5 fully saturated rings. The molecule has 176 valence electrons. The molecular weight excluding hydrogens is 415 g/mol. The van der Waals surface area contributed by atoms with E-state index in [0.29, 0.717) is 36.3 Å². The van der Waals surface area contributed by atoms with Crippen molar-refractivity contribution in [3.05, 3.63) is 35.6 Å². The fraction of sp³-hybridized carbons (Fsp3) is 0.720. The fourth-order valence-corrected chi connectivity index (χ4v) is 6.43. The summed E-state index contributed by atoms with van der Waals surface area (Å²) >= 11 is 0. The summed E-state index contributed by atoms with van der Waals surface area (Å²) in [5.41, 5.74) is -0.190. The Bertz CT molecular complexity index is 845. The highest BCUT2D eigenvalue weighted by Gasteiger charge is 2.69. The molecule has 4 heterocycles. The maximum atomic E-state index is 13.0. The van der Waals surface area contributed by atoms with Gasteiger partial charge in [0.2, 0.25) is 5.79 Å². The monoisotopic (exact) mass is 448 g/mol. The SMILES string of the molecule is C[C@H]1[C@@H](CCCOC(=O)c2ccc(F)cc2)OC2O[C@]3(C)CC[C@H]4[C@H](C)CC[C@@H]1[C@@]24OO3. The molecule has 8 atom stereocenters. The number of halogens is 1. The summed E-state index contributed by atoms with van der Waals surface area (Å²) in [5.74, 6) is -0.1000. The molecule has 1 saturated carbocycles. The molecule has 2 bridgehead atoms. The summed E-state index contributed by atoms with van der Waals surface area (Å²) in [4.78, 5) is 24.2. The van der Waals surface area contributed by atoms with Crippen molar-refractivity contribution in [3.8, 4) is 0 Å². The lowest BCUT2D eigenvalue weighted by Gasteiger charge is -2.60. The van der Waals surface area contributed by atoms with E-state index in [2.05, 4.69) is 13.8 Å². The lowest BCUT2D eigenvalue weighted by Crippen LogP contribution is -2.70.